The minimum Gasteiger partial charge on any atom is -0.379 e. The van der Waals surface area contributed by atoms with Gasteiger partial charge in [-0.2, -0.15) is 0 Å². The molecule has 1 N–H and O–H groups in total. The van der Waals surface area contributed by atoms with E-state index in [-0.39, 0.29) is 10.8 Å². The predicted molar refractivity (Wildman–Crippen MR) is 80.5 cm³/mol. The second kappa shape index (κ2) is 6.20. The topological polar surface area (TPSA) is 12.0 Å². The van der Waals surface area contributed by atoms with Gasteiger partial charge in [-0.05, 0) is 61.7 Å². The Morgan fingerprint density at radius 1 is 1.05 bits per heavy atom. The highest BCUT2D eigenvalue weighted by Gasteiger charge is 2.08. The third-order valence-corrected chi connectivity index (χ3v) is 3.99. The SMILES string of the molecule is Fc1cc(Cl)c(NCc2ccc(F)c(Br)c2)c(Br)c1. The summed E-state index contributed by atoms with van der Waals surface area (Å²) in [5, 5.41) is 3.37. The quantitative estimate of drug-likeness (QED) is 0.678. The van der Waals surface area contributed by atoms with Crippen molar-refractivity contribution in [3.8, 4) is 0 Å². The van der Waals surface area contributed by atoms with Crippen LogP contribution in [0.2, 0.25) is 5.02 Å². The number of hydrogen-bond donors (Lipinski definition) is 1. The van der Waals surface area contributed by atoms with Crippen LogP contribution in [-0.2, 0) is 6.54 Å². The molecule has 2 aromatic carbocycles. The molecule has 0 aromatic heterocycles. The first-order valence-corrected chi connectivity index (χ1v) is 7.26. The molecule has 0 amide bonds. The van der Waals surface area contributed by atoms with Gasteiger partial charge in [-0.3, -0.25) is 0 Å². The molecular weight excluding hydrogens is 403 g/mol. The first kappa shape index (κ1) is 14.8. The minimum atomic E-state index is -0.410. The molecule has 0 aliphatic heterocycles. The molecule has 0 heterocycles. The molecule has 0 fully saturated rings. The van der Waals surface area contributed by atoms with Gasteiger partial charge >= 0.3 is 0 Å². The van der Waals surface area contributed by atoms with Crippen molar-refractivity contribution in [1.29, 1.82) is 0 Å². The molecule has 0 aliphatic rings. The number of halogens is 5. The van der Waals surface area contributed by atoms with E-state index in [0.717, 1.165) is 5.56 Å². The van der Waals surface area contributed by atoms with E-state index in [4.69, 9.17) is 11.6 Å². The van der Waals surface area contributed by atoms with Crippen molar-refractivity contribution in [2.45, 2.75) is 6.54 Å². The fourth-order valence-electron chi connectivity index (χ4n) is 1.55. The summed E-state index contributed by atoms with van der Waals surface area (Å²) in [5.41, 5.74) is 1.48. The number of benzene rings is 2. The maximum absolute atomic E-state index is 13.1. The van der Waals surface area contributed by atoms with Crippen molar-refractivity contribution in [2.24, 2.45) is 0 Å². The van der Waals surface area contributed by atoms with Gasteiger partial charge in [0.05, 0.1) is 15.2 Å². The molecule has 2 rings (SSSR count). The van der Waals surface area contributed by atoms with Gasteiger partial charge in [0.2, 0.25) is 0 Å². The lowest BCUT2D eigenvalue weighted by Crippen LogP contribution is -2.01. The Kier molecular flexibility index (Phi) is 4.81. The second-order valence-corrected chi connectivity index (χ2v) is 5.96. The molecule has 0 spiro atoms. The summed E-state index contributed by atoms with van der Waals surface area (Å²) in [6, 6.07) is 7.28. The third-order valence-electron chi connectivity index (χ3n) is 2.46. The molecule has 0 unspecified atom stereocenters. The molecule has 1 nitrogen and oxygen atoms in total. The number of hydrogen-bond acceptors (Lipinski definition) is 1. The van der Waals surface area contributed by atoms with Crippen molar-refractivity contribution in [2.75, 3.05) is 5.32 Å². The Balaban J connectivity index is 2.16. The van der Waals surface area contributed by atoms with Crippen molar-refractivity contribution >= 4 is 49.1 Å². The molecule has 0 saturated carbocycles. The van der Waals surface area contributed by atoms with Crippen molar-refractivity contribution in [3.05, 3.63) is 61.5 Å². The Morgan fingerprint density at radius 3 is 2.42 bits per heavy atom. The lowest BCUT2D eigenvalue weighted by molar-refractivity contribution is 0.620. The van der Waals surface area contributed by atoms with Crippen LogP contribution in [0.25, 0.3) is 0 Å². The summed E-state index contributed by atoms with van der Waals surface area (Å²) in [6.45, 7) is 0.447. The molecule has 0 aliphatic carbocycles. The summed E-state index contributed by atoms with van der Waals surface area (Å²) in [6.07, 6.45) is 0. The standard InChI is InChI=1S/C13H8Br2ClF2N/c14-9-3-7(1-2-12(9)18)6-19-13-10(15)4-8(17)5-11(13)16/h1-5,19H,6H2. The maximum atomic E-state index is 13.1. The zero-order valence-corrected chi connectivity index (χ0v) is 13.4. The van der Waals surface area contributed by atoms with E-state index < -0.39 is 5.82 Å². The van der Waals surface area contributed by atoms with Crippen LogP contribution >= 0.6 is 43.5 Å². The van der Waals surface area contributed by atoms with Gasteiger partial charge in [0, 0.05) is 11.0 Å². The van der Waals surface area contributed by atoms with Gasteiger partial charge in [0.1, 0.15) is 11.6 Å². The summed E-state index contributed by atoms with van der Waals surface area (Å²) < 4.78 is 27.1. The molecule has 2 aromatic rings. The first-order chi connectivity index (χ1) is 8.97. The highest BCUT2D eigenvalue weighted by atomic mass is 79.9. The molecule has 0 saturated heterocycles. The van der Waals surface area contributed by atoms with E-state index in [0.29, 0.717) is 21.2 Å². The summed E-state index contributed by atoms with van der Waals surface area (Å²) in [5.74, 6) is -0.725. The van der Waals surface area contributed by atoms with Crippen LogP contribution in [0.4, 0.5) is 14.5 Å². The summed E-state index contributed by atoms with van der Waals surface area (Å²) >= 11 is 12.3. The van der Waals surface area contributed by atoms with Crippen LogP contribution in [0.1, 0.15) is 5.56 Å². The van der Waals surface area contributed by atoms with Gasteiger partial charge in [0.25, 0.3) is 0 Å². The normalized spacial score (nSPS) is 10.6. The van der Waals surface area contributed by atoms with Crippen molar-refractivity contribution in [1.82, 2.24) is 0 Å². The lowest BCUT2D eigenvalue weighted by Gasteiger charge is -2.11. The van der Waals surface area contributed by atoms with Gasteiger partial charge in [-0.25, -0.2) is 8.78 Å². The van der Waals surface area contributed by atoms with E-state index in [2.05, 4.69) is 37.2 Å². The molecule has 0 bridgehead atoms. The van der Waals surface area contributed by atoms with E-state index in [1.165, 1.54) is 18.2 Å². The fourth-order valence-corrected chi connectivity index (χ4v) is 2.94. The van der Waals surface area contributed by atoms with Crippen LogP contribution in [0, 0.1) is 11.6 Å². The van der Waals surface area contributed by atoms with Gasteiger partial charge in [-0.1, -0.05) is 17.7 Å². The average Bonchev–Trinajstić information content (AvgIpc) is 2.32. The van der Waals surface area contributed by atoms with Crippen LogP contribution < -0.4 is 5.32 Å². The Hall–Kier alpha value is -0.650. The Bertz CT molecular complexity index is 597. The zero-order chi connectivity index (χ0) is 14.0. The second-order valence-electron chi connectivity index (χ2n) is 3.85. The number of rotatable bonds is 3. The maximum Gasteiger partial charge on any atom is 0.137 e. The molecule has 19 heavy (non-hydrogen) atoms. The monoisotopic (exact) mass is 409 g/mol. The van der Waals surface area contributed by atoms with Gasteiger partial charge in [-0.15, -0.1) is 0 Å². The molecule has 0 radical (unpaired) electrons. The minimum absolute atomic E-state index is 0.285. The highest BCUT2D eigenvalue weighted by Crippen LogP contribution is 2.32. The smallest absolute Gasteiger partial charge is 0.137 e. The van der Waals surface area contributed by atoms with Gasteiger partial charge in [0.15, 0.2) is 0 Å². The lowest BCUT2D eigenvalue weighted by atomic mass is 10.2. The van der Waals surface area contributed by atoms with Crippen molar-refractivity contribution in [3.63, 3.8) is 0 Å². The van der Waals surface area contributed by atoms with E-state index >= 15 is 0 Å². The van der Waals surface area contributed by atoms with Crippen LogP contribution in [0.15, 0.2) is 39.3 Å². The average molecular weight is 411 g/mol. The summed E-state index contributed by atoms with van der Waals surface area (Å²) in [4.78, 5) is 0. The van der Waals surface area contributed by atoms with Crippen LogP contribution in [0.3, 0.4) is 0 Å². The third kappa shape index (κ3) is 3.68. The van der Waals surface area contributed by atoms with Crippen LogP contribution in [-0.4, -0.2) is 0 Å². The van der Waals surface area contributed by atoms with E-state index in [9.17, 15) is 8.78 Å². The summed E-state index contributed by atoms with van der Waals surface area (Å²) in [7, 11) is 0. The fraction of sp³-hybridized carbons (Fsp3) is 0.0769. The molecular formula is C13H8Br2ClF2N. The van der Waals surface area contributed by atoms with Gasteiger partial charge < -0.3 is 5.32 Å². The zero-order valence-electron chi connectivity index (χ0n) is 9.48. The van der Waals surface area contributed by atoms with E-state index in [1.54, 1.807) is 12.1 Å². The predicted octanol–water partition coefficient (Wildman–Crippen LogP) is 5.76. The largest absolute Gasteiger partial charge is 0.379 e. The molecule has 100 valence electrons. The van der Waals surface area contributed by atoms with Crippen molar-refractivity contribution < 1.29 is 8.78 Å². The van der Waals surface area contributed by atoms with Crippen LogP contribution in [0.5, 0.6) is 0 Å². The Morgan fingerprint density at radius 2 is 1.79 bits per heavy atom. The first-order valence-electron chi connectivity index (χ1n) is 5.29. The highest BCUT2D eigenvalue weighted by molar-refractivity contribution is 9.10. The van der Waals surface area contributed by atoms with E-state index in [1.807, 2.05) is 0 Å². The molecule has 0 atom stereocenters. The number of anilines is 1. The molecule has 6 heteroatoms. The number of nitrogens with one attached hydrogen (secondary N) is 1. The Labute approximate surface area is 131 Å².